The van der Waals surface area contributed by atoms with Crippen molar-refractivity contribution in [2.75, 3.05) is 0 Å². The first-order valence-electron chi connectivity index (χ1n) is 5.28. The number of aliphatic hydroxyl groups is 1. The van der Waals surface area contributed by atoms with Gasteiger partial charge >= 0.3 is 5.97 Å². The summed E-state index contributed by atoms with van der Waals surface area (Å²) in [6.45, 7) is 6.17. The highest BCUT2D eigenvalue weighted by Crippen LogP contribution is 2.52. The minimum atomic E-state index is -0.921. The smallest absolute Gasteiger partial charge is 0.335 e. The molecule has 2 rings (SSSR count). The Bertz CT molecular complexity index is 272. The largest absolute Gasteiger partial charge is 0.457 e. The van der Waals surface area contributed by atoms with Gasteiger partial charge in [0.25, 0.3) is 0 Å². The van der Waals surface area contributed by atoms with Gasteiger partial charge in [-0.1, -0.05) is 13.8 Å². The Kier molecular flexibility index (Phi) is 1.94. The summed E-state index contributed by atoms with van der Waals surface area (Å²) in [5.41, 5.74) is -0.434. The Morgan fingerprint density at radius 3 is 2.57 bits per heavy atom. The summed E-state index contributed by atoms with van der Waals surface area (Å²) in [7, 11) is 0. The third-order valence-electron chi connectivity index (χ3n) is 3.89. The van der Waals surface area contributed by atoms with Crippen molar-refractivity contribution in [3.05, 3.63) is 0 Å². The molecule has 0 bridgehead atoms. The highest BCUT2D eigenvalue weighted by Gasteiger charge is 2.59. The summed E-state index contributed by atoms with van der Waals surface area (Å²) in [5, 5.41) is 9.82. The molecule has 0 spiro atoms. The van der Waals surface area contributed by atoms with Crippen LogP contribution in [-0.4, -0.2) is 22.8 Å². The van der Waals surface area contributed by atoms with Crippen molar-refractivity contribution in [3.63, 3.8) is 0 Å². The molecule has 0 amide bonds. The van der Waals surface area contributed by atoms with Gasteiger partial charge in [-0.3, -0.25) is 0 Å². The molecule has 0 aromatic carbocycles. The summed E-state index contributed by atoms with van der Waals surface area (Å²) < 4.78 is 5.31. The van der Waals surface area contributed by atoms with Gasteiger partial charge in [0, 0.05) is 5.92 Å². The molecule has 3 atom stereocenters. The van der Waals surface area contributed by atoms with E-state index in [-0.39, 0.29) is 11.3 Å². The average molecular weight is 198 g/mol. The molecule has 0 unspecified atom stereocenters. The number of hydrogen-bond acceptors (Lipinski definition) is 3. The van der Waals surface area contributed by atoms with Gasteiger partial charge in [-0.25, -0.2) is 4.79 Å². The second kappa shape index (κ2) is 2.72. The molecule has 1 aliphatic carbocycles. The molecule has 1 saturated heterocycles. The maximum absolute atomic E-state index is 11.4. The predicted octanol–water partition coefficient (Wildman–Crippen LogP) is 1.49. The van der Waals surface area contributed by atoms with Crippen molar-refractivity contribution < 1.29 is 14.6 Å². The van der Waals surface area contributed by atoms with E-state index in [0.717, 1.165) is 19.3 Å². The monoisotopic (exact) mass is 198 g/mol. The normalized spacial score (nSPS) is 45.9. The second-order valence-electron chi connectivity index (χ2n) is 5.50. The molecule has 0 aromatic heterocycles. The predicted molar refractivity (Wildman–Crippen MR) is 51.6 cm³/mol. The zero-order valence-electron chi connectivity index (χ0n) is 9.04. The average Bonchev–Trinajstić information content (AvgIpc) is 2.22. The van der Waals surface area contributed by atoms with Crippen LogP contribution in [0.15, 0.2) is 0 Å². The third kappa shape index (κ3) is 1.18. The minimum absolute atomic E-state index is 0.00141. The molecule has 1 aliphatic heterocycles. The maximum Gasteiger partial charge on any atom is 0.335 e. The summed E-state index contributed by atoms with van der Waals surface area (Å²) >= 11 is 0. The molecular formula is C11H18O3. The van der Waals surface area contributed by atoms with Crippen LogP contribution in [0.3, 0.4) is 0 Å². The molecule has 0 radical (unpaired) electrons. The molecular weight excluding hydrogens is 180 g/mol. The van der Waals surface area contributed by atoms with Gasteiger partial charge in [-0.2, -0.15) is 0 Å². The zero-order valence-corrected chi connectivity index (χ0v) is 9.04. The second-order valence-corrected chi connectivity index (χ2v) is 5.50. The van der Waals surface area contributed by atoms with E-state index in [1.165, 1.54) is 0 Å². The van der Waals surface area contributed by atoms with E-state index in [9.17, 15) is 9.90 Å². The van der Waals surface area contributed by atoms with Crippen molar-refractivity contribution in [2.24, 2.45) is 11.3 Å². The molecule has 2 aliphatic rings. The number of esters is 1. The van der Waals surface area contributed by atoms with Crippen LogP contribution in [0.5, 0.6) is 0 Å². The number of aliphatic hydroxyl groups excluding tert-OH is 1. The molecule has 14 heavy (non-hydrogen) atoms. The lowest BCUT2D eigenvalue weighted by Crippen LogP contribution is -2.48. The Hall–Kier alpha value is -0.570. The quantitative estimate of drug-likeness (QED) is 0.600. The van der Waals surface area contributed by atoms with E-state index in [0.29, 0.717) is 0 Å². The summed E-state index contributed by atoms with van der Waals surface area (Å²) in [6, 6.07) is 0. The van der Waals surface area contributed by atoms with Crippen LogP contribution in [0.2, 0.25) is 0 Å². The fourth-order valence-corrected chi connectivity index (χ4v) is 3.33. The fourth-order valence-electron chi connectivity index (χ4n) is 3.33. The molecule has 0 aromatic rings. The number of hydrogen-bond donors (Lipinski definition) is 1. The van der Waals surface area contributed by atoms with Gasteiger partial charge in [0.1, 0.15) is 5.60 Å². The van der Waals surface area contributed by atoms with Gasteiger partial charge in [0.05, 0.1) is 0 Å². The molecule has 1 heterocycles. The Morgan fingerprint density at radius 1 is 1.36 bits per heavy atom. The summed E-state index contributed by atoms with van der Waals surface area (Å²) in [6.07, 6.45) is 2.08. The van der Waals surface area contributed by atoms with E-state index >= 15 is 0 Å². The van der Waals surface area contributed by atoms with Gasteiger partial charge < -0.3 is 9.84 Å². The molecule has 1 N–H and O–H groups in total. The lowest BCUT2D eigenvalue weighted by atomic mass is 9.61. The number of carbonyl (C=O) groups excluding carboxylic acids is 1. The summed E-state index contributed by atoms with van der Waals surface area (Å²) in [4.78, 5) is 11.4. The van der Waals surface area contributed by atoms with E-state index in [1.807, 2.05) is 6.92 Å². The van der Waals surface area contributed by atoms with E-state index in [1.54, 1.807) is 0 Å². The van der Waals surface area contributed by atoms with Crippen LogP contribution in [-0.2, 0) is 9.53 Å². The number of rotatable bonds is 0. The highest BCUT2D eigenvalue weighted by atomic mass is 16.6. The van der Waals surface area contributed by atoms with Crippen LogP contribution in [0, 0.1) is 11.3 Å². The molecule has 1 saturated carbocycles. The first-order valence-corrected chi connectivity index (χ1v) is 5.28. The Labute approximate surface area is 84.4 Å². The highest BCUT2D eigenvalue weighted by molar-refractivity contribution is 5.78. The minimum Gasteiger partial charge on any atom is -0.457 e. The van der Waals surface area contributed by atoms with Gasteiger partial charge in [-0.05, 0) is 31.6 Å². The zero-order chi connectivity index (χ0) is 10.6. The lowest BCUT2D eigenvalue weighted by Gasteiger charge is -2.45. The van der Waals surface area contributed by atoms with Crippen LogP contribution < -0.4 is 0 Å². The maximum atomic E-state index is 11.4. The van der Waals surface area contributed by atoms with Gasteiger partial charge in [0.2, 0.25) is 0 Å². The van der Waals surface area contributed by atoms with Gasteiger partial charge in [-0.15, -0.1) is 0 Å². The number of ether oxygens (including phenoxy) is 1. The lowest BCUT2D eigenvalue weighted by molar-refractivity contribution is -0.153. The Morgan fingerprint density at radius 2 is 2.00 bits per heavy atom. The van der Waals surface area contributed by atoms with Crippen molar-refractivity contribution in [1.82, 2.24) is 0 Å². The van der Waals surface area contributed by atoms with Gasteiger partial charge in [0.15, 0.2) is 6.10 Å². The van der Waals surface area contributed by atoms with E-state index < -0.39 is 17.7 Å². The topological polar surface area (TPSA) is 46.5 Å². The standard InChI is InChI=1S/C11H18O3/c1-10(2)5-4-6-11(3)8(10)7(12)9(13)14-11/h7-8,12H,4-6H2,1-3H3/t7-,8-,11+/m0/s1. The number of carbonyl (C=O) groups is 1. The van der Waals surface area contributed by atoms with E-state index in [2.05, 4.69) is 13.8 Å². The van der Waals surface area contributed by atoms with Crippen LogP contribution in [0.4, 0.5) is 0 Å². The van der Waals surface area contributed by atoms with Crippen molar-refractivity contribution in [1.29, 1.82) is 0 Å². The first-order chi connectivity index (χ1) is 6.37. The van der Waals surface area contributed by atoms with Crippen LogP contribution >= 0.6 is 0 Å². The fraction of sp³-hybridized carbons (Fsp3) is 0.909. The van der Waals surface area contributed by atoms with Crippen molar-refractivity contribution in [2.45, 2.75) is 51.7 Å². The summed E-state index contributed by atoms with van der Waals surface area (Å²) in [5.74, 6) is -0.483. The molecule has 80 valence electrons. The number of fused-ring (bicyclic) bond motifs is 1. The van der Waals surface area contributed by atoms with Crippen LogP contribution in [0.25, 0.3) is 0 Å². The first kappa shape index (κ1) is 9.97. The molecule has 3 nitrogen and oxygen atoms in total. The van der Waals surface area contributed by atoms with Crippen molar-refractivity contribution in [3.8, 4) is 0 Å². The third-order valence-corrected chi connectivity index (χ3v) is 3.89. The van der Waals surface area contributed by atoms with E-state index in [4.69, 9.17) is 4.74 Å². The SMILES string of the molecule is CC1(C)CCC[C@@]2(C)OC(=O)[C@@H](O)[C@@H]12. The molecule has 3 heteroatoms. The van der Waals surface area contributed by atoms with Crippen molar-refractivity contribution >= 4 is 5.97 Å². The van der Waals surface area contributed by atoms with Crippen LogP contribution in [0.1, 0.15) is 40.0 Å². The Balaban J connectivity index is 2.37. The molecule has 2 fully saturated rings.